The molecular weight excluding hydrogens is 312 g/mol. The third kappa shape index (κ3) is 2.53. The number of nitrogens with zero attached hydrogens (tertiary/aromatic N) is 3. The normalized spacial score (nSPS) is 10.8. The minimum Gasteiger partial charge on any atom is -0.316 e. The van der Waals surface area contributed by atoms with E-state index in [2.05, 4.69) is 15.3 Å². The van der Waals surface area contributed by atoms with Crippen LogP contribution in [0, 0.1) is 6.92 Å². The molecule has 3 rings (SSSR count). The van der Waals surface area contributed by atoms with Gasteiger partial charge in [0.05, 0.1) is 11.3 Å². The third-order valence-electron chi connectivity index (χ3n) is 2.88. The summed E-state index contributed by atoms with van der Waals surface area (Å²) in [7, 11) is 0. The summed E-state index contributed by atoms with van der Waals surface area (Å²) in [6.45, 7) is 1.68. The fourth-order valence-corrected chi connectivity index (χ4v) is 2.68. The SMILES string of the molecule is Cc1nc2sccn2c(=O)c1NC(=O)c1ccc(Cl)nc1. The maximum Gasteiger partial charge on any atom is 0.282 e. The number of hydrogen-bond acceptors (Lipinski definition) is 5. The maximum atomic E-state index is 12.3. The molecule has 3 heterocycles. The Bertz CT molecular complexity index is 885. The number of aryl methyl sites for hydroxylation is 1. The molecule has 0 saturated carbocycles. The molecule has 0 radical (unpaired) electrons. The molecule has 3 aromatic heterocycles. The summed E-state index contributed by atoms with van der Waals surface area (Å²) < 4.78 is 1.40. The van der Waals surface area contributed by atoms with Gasteiger partial charge in [-0.25, -0.2) is 9.97 Å². The molecule has 0 atom stereocenters. The van der Waals surface area contributed by atoms with Crippen LogP contribution in [0.15, 0.2) is 34.7 Å². The van der Waals surface area contributed by atoms with E-state index in [0.29, 0.717) is 21.4 Å². The van der Waals surface area contributed by atoms with Crippen LogP contribution < -0.4 is 10.9 Å². The van der Waals surface area contributed by atoms with Crippen LogP contribution >= 0.6 is 22.9 Å². The van der Waals surface area contributed by atoms with E-state index < -0.39 is 5.91 Å². The van der Waals surface area contributed by atoms with E-state index in [1.807, 2.05) is 0 Å². The number of halogens is 1. The summed E-state index contributed by atoms with van der Waals surface area (Å²) in [5.41, 5.74) is 0.631. The first-order chi connectivity index (χ1) is 10.1. The molecule has 0 aliphatic heterocycles. The number of carbonyl (C=O) groups excluding carboxylic acids is 1. The van der Waals surface area contributed by atoms with Crippen molar-refractivity contribution >= 4 is 39.5 Å². The molecule has 1 N–H and O–H groups in total. The summed E-state index contributed by atoms with van der Waals surface area (Å²) in [6.07, 6.45) is 2.97. The van der Waals surface area contributed by atoms with Crippen molar-refractivity contribution < 1.29 is 4.79 Å². The molecule has 8 heteroatoms. The quantitative estimate of drug-likeness (QED) is 0.735. The Labute approximate surface area is 128 Å². The van der Waals surface area contributed by atoms with Crippen LogP contribution in [0.3, 0.4) is 0 Å². The molecular formula is C13H9ClN4O2S. The van der Waals surface area contributed by atoms with E-state index in [0.717, 1.165) is 0 Å². The number of nitrogens with one attached hydrogen (secondary N) is 1. The zero-order valence-electron chi connectivity index (χ0n) is 10.8. The number of pyridine rings is 1. The minimum atomic E-state index is -0.434. The molecule has 106 valence electrons. The molecule has 0 saturated heterocycles. The average Bonchev–Trinajstić information content (AvgIpc) is 2.92. The van der Waals surface area contributed by atoms with Gasteiger partial charge in [-0.3, -0.25) is 14.0 Å². The van der Waals surface area contributed by atoms with Crippen LogP contribution in [0.4, 0.5) is 5.69 Å². The zero-order chi connectivity index (χ0) is 15.0. The molecule has 1 amide bonds. The first-order valence-electron chi connectivity index (χ1n) is 5.95. The van der Waals surface area contributed by atoms with Gasteiger partial charge in [-0.1, -0.05) is 11.6 Å². The van der Waals surface area contributed by atoms with Crippen molar-refractivity contribution in [1.29, 1.82) is 0 Å². The number of aromatic nitrogens is 3. The number of anilines is 1. The first kappa shape index (κ1) is 13.7. The highest BCUT2D eigenvalue weighted by molar-refractivity contribution is 7.15. The van der Waals surface area contributed by atoms with E-state index in [1.54, 1.807) is 18.5 Å². The molecule has 0 fully saturated rings. The highest BCUT2D eigenvalue weighted by Gasteiger charge is 2.14. The zero-order valence-corrected chi connectivity index (χ0v) is 12.4. The van der Waals surface area contributed by atoms with Crippen LogP contribution in [0.2, 0.25) is 5.15 Å². The number of hydrogen-bond donors (Lipinski definition) is 1. The monoisotopic (exact) mass is 320 g/mol. The maximum absolute atomic E-state index is 12.3. The van der Waals surface area contributed by atoms with Gasteiger partial charge < -0.3 is 5.32 Å². The summed E-state index contributed by atoms with van der Waals surface area (Å²) in [5, 5.41) is 4.64. The van der Waals surface area contributed by atoms with Gasteiger partial charge in [0, 0.05) is 17.8 Å². The van der Waals surface area contributed by atoms with Crippen molar-refractivity contribution in [3.05, 3.63) is 56.7 Å². The van der Waals surface area contributed by atoms with E-state index in [1.165, 1.54) is 34.1 Å². The van der Waals surface area contributed by atoms with Crippen LogP contribution in [0.1, 0.15) is 16.1 Å². The predicted molar refractivity (Wildman–Crippen MR) is 81.3 cm³/mol. The Morgan fingerprint density at radius 1 is 1.43 bits per heavy atom. The number of fused-ring (bicyclic) bond motifs is 1. The van der Waals surface area contributed by atoms with Gasteiger partial charge in [-0.15, -0.1) is 11.3 Å². The van der Waals surface area contributed by atoms with Gasteiger partial charge in [-0.05, 0) is 19.1 Å². The summed E-state index contributed by atoms with van der Waals surface area (Å²) in [6, 6.07) is 3.05. The van der Waals surface area contributed by atoms with Crippen molar-refractivity contribution in [3.8, 4) is 0 Å². The Kier molecular flexibility index (Phi) is 3.44. The van der Waals surface area contributed by atoms with Crippen LogP contribution in [0.25, 0.3) is 4.96 Å². The van der Waals surface area contributed by atoms with Crippen molar-refractivity contribution in [2.24, 2.45) is 0 Å². The number of carbonyl (C=O) groups is 1. The number of amides is 1. The predicted octanol–water partition coefficient (Wildman–Crippen LogP) is 2.37. The smallest absolute Gasteiger partial charge is 0.282 e. The first-order valence-corrected chi connectivity index (χ1v) is 7.21. The van der Waals surface area contributed by atoms with Gasteiger partial charge in [0.2, 0.25) is 0 Å². The second-order valence-electron chi connectivity index (χ2n) is 4.26. The van der Waals surface area contributed by atoms with Gasteiger partial charge >= 0.3 is 0 Å². The number of thiazole rings is 1. The third-order valence-corrected chi connectivity index (χ3v) is 3.86. The lowest BCUT2D eigenvalue weighted by molar-refractivity contribution is 0.102. The van der Waals surface area contributed by atoms with E-state index in [9.17, 15) is 9.59 Å². The van der Waals surface area contributed by atoms with Crippen LogP contribution in [-0.2, 0) is 0 Å². The molecule has 3 aromatic rings. The molecule has 0 aliphatic rings. The average molecular weight is 321 g/mol. The van der Waals surface area contributed by atoms with E-state index in [4.69, 9.17) is 11.6 Å². The lowest BCUT2D eigenvalue weighted by Crippen LogP contribution is -2.24. The van der Waals surface area contributed by atoms with Crippen LogP contribution in [0.5, 0.6) is 0 Å². The highest BCUT2D eigenvalue weighted by atomic mass is 35.5. The summed E-state index contributed by atoms with van der Waals surface area (Å²) in [4.78, 5) is 33.2. The van der Waals surface area contributed by atoms with Crippen LogP contribution in [-0.4, -0.2) is 20.3 Å². The highest BCUT2D eigenvalue weighted by Crippen LogP contribution is 2.14. The minimum absolute atomic E-state index is 0.158. The van der Waals surface area contributed by atoms with Gasteiger partial charge in [0.1, 0.15) is 10.8 Å². The molecule has 0 aromatic carbocycles. The van der Waals surface area contributed by atoms with Crippen molar-refractivity contribution in [3.63, 3.8) is 0 Å². The topological polar surface area (TPSA) is 76.4 Å². The molecule has 0 bridgehead atoms. The van der Waals surface area contributed by atoms with E-state index >= 15 is 0 Å². The lowest BCUT2D eigenvalue weighted by atomic mass is 10.2. The molecule has 0 aliphatic carbocycles. The molecule has 0 unspecified atom stereocenters. The second-order valence-corrected chi connectivity index (χ2v) is 5.52. The van der Waals surface area contributed by atoms with Gasteiger partial charge in [0.15, 0.2) is 4.96 Å². The Balaban J connectivity index is 1.99. The fourth-order valence-electron chi connectivity index (χ4n) is 1.82. The Morgan fingerprint density at radius 3 is 2.95 bits per heavy atom. The van der Waals surface area contributed by atoms with E-state index in [-0.39, 0.29) is 11.2 Å². The molecule has 21 heavy (non-hydrogen) atoms. The summed E-state index contributed by atoms with van der Waals surface area (Å²) >= 11 is 7.03. The fraction of sp³-hybridized carbons (Fsp3) is 0.0769. The standard InChI is InChI=1S/C13H9ClN4O2S/c1-7-10(12(20)18-4-5-21-13(18)16-7)17-11(19)8-2-3-9(14)15-6-8/h2-6H,1H3,(H,17,19). The second kappa shape index (κ2) is 5.27. The molecule has 0 spiro atoms. The number of rotatable bonds is 2. The molecule has 6 nitrogen and oxygen atoms in total. The van der Waals surface area contributed by atoms with Gasteiger partial charge in [-0.2, -0.15) is 0 Å². The Hall–Kier alpha value is -2.25. The van der Waals surface area contributed by atoms with Crippen molar-refractivity contribution in [2.45, 2.75) is 6.92 Å². The summed E-state index contributed by atoms with van der Waals surface area (Å²) in [5.74, 6) is -0.434. The Morgan fingerprint density at radius 2 is 2.24 bits per heavy atom. The lowest BCUT2D eigenvalue weighted by Gasteiger charge is -2.07. The van der Waals surface area contributed by atoms with Gasteiger partial charge in [0.25, 0.3) is 11.5 Å². The van der Waals surface area contributed by atoms with Crippen molar-refractivity contribution in [2.75, 3.05) is 5.32 Å². The largest absolute Gasteiger partial charge is 0.316 e. The van der Waals surface area contributed by atoms with Crippen molar-refractivity contribution in [1.82, 2.24) is 14.4 Å².